The zero-order valence-corrected chi connectivity index (χ0v) is 16.3. The number of rotatable bonds is 6. The minimum absolute atomic E-state index is 0. The minimum Gasteiger partial charge on any atom is -0.340 e. The lowest BCUT2D eigenvalue weighted by Gasteiger charge is -2.33. The highest BCUT2D eigenvalue weighted by Gasteiger charge is 2.28. The van der Waals surface area contributed by atoms with Crippen molar-refractivity contribution in [3.63, 3.8) is 0 Å². The zero-order chi connectivity index (χ0) is 18.6. The molecule has 1 atom stereocenters. The second-order valence-electron chi connectivity index (χ2n) is 5.98. The van der Waals surface area contributed by atoms with Gasteiger partial charge < -0.3 is 10.2 Å². The van der Waals surface area contributed by atoms with Crippen molar-refractivity contribution in [2.24, 2.45) is 0 Å². The lowest BCUT2D eigenvalue weighted by molar-refractivity contribution is -0.385. The molecule has 11 heteroatoms. The molecule has 2 rings (SSSR count). The highest BCUT2D eigenvalue weighted by atomic mass is 35.5. The van der Waals surface area contributed by atoms with E-state index in [1.807, 2.05) is 7.05 Å². The Balaban J connectivity index is 0.00000338. The maximum absolute atomic E-state index is 12.6. The van der Waals surface area contributed by atoms with Crippen molar-refractivity contribution >= 4 is 34.0 Å². The second kappa shape index (κ2) is 9.26. The van der Waals surface area contributed by atoms with E-state index >= 15 is 0 Å². The molecule has 146 valence electrons. The number of amides is 1. The monoisotopic (exact) mass is 406 g/mol. The van der Waals surface area contributed by atoms with Gasteiger partial charge in [-0.2, -0.15) is 4.31 Å². The van der Waals surface area contributed by atoms with Gasteiger partial charge >= 0.3 is 0 Å². The van der Waals surface area contributed by atoms with Gasteiger partial charge in [0.1, 0.15) is 0 Å². The van der Waals surface area contributed by atoms with E-state index in [0.29, 0.717) is 13.1 Å². The number of nitro benzene ring substituents is 1. The quantitative estimate of drug-likeness (QED) is 0.553. The van der Waals surface area contributed by atoms with Gasteiger partial charge in [0, 0.05) is 38.3 Å². The number of sulfonamides is 1. The summed E-state index contributed by atoms with van der Waals surface area (Å²) in [6, 6.07) is 5.00. The number of likely N-dealkylation sites (tertiary alicyclic amines) is 1. The molecule has 1 aliphatic heterocycles. The maximum atomic E-state index is 12.6. The number of hydrogen-bond donors (Lipinski definition) is 1. The molecule has 9 nitrogen and oxygen atoms in total. The molecule has 26 heavy (non-hydrogen) atoms. The van der Waals surface area contributed by atoms with Crippen molar-refractivity contribution in [3.8, 4) is 0 Å². The summed E-state index contributed by atoms with van der Waals surface area (Å²) in [6.07, 6.45) is 1.83. The Bertz CT molecular complexity index is 758. The zero-order valence-electron chi connectivity index (χ0n) is 14.6. The number of hydrogen-bond acceptors (Lipinski definition) is 6. The number of likely N-dealkylation sites (N-methyl/N-ethyl adjacent to an activating group) is 2. The molecule has 0 spiro atoms. The van der Waals surface area contributed by atoms with E-state index < -0.39 is 14.9 Å². The van der Waals surface area contributed by atoms with Crippen molar-refractivity contribution < 1.29 is 18.1 Å². The number of nitro groups is 1. The molecular formula is C15H23ClN4O5S. The molecule has 0 saturated carbocycles. The topological polar surface area (TPSA) is 113 Å². The van der Waals surface area contributed by atoms with Crippen LogP contribution in [0.3, 0.4) is 0 Å². The van der Waals surface area contributed by atoms with Gasteiger partial charge in [0.15, 0.2) is 0 Å². The summed E-state index contributed by atoms with van der Waals surface area (Å²) in [6.45, 7) is 0.837. The summed E-state index contributed by atoms with van der Waals surface area (Å²) >= 11 is 0. The van der Waals surface area contributed by atoms with Gasteiger partial charge in [-0.15, -0.1) is 12.4 Å². The number of benzene rings is 1. The number of carbonyl (C=O) groups excluding carboxylic acids is 1. The first-order chi connectivity index (χ1) is 11.8. The van der Waals surface area contributed by atoms with Crippen LogP contribution in [0.25, 0.3) is 0 Å². The highest BCUT2D eigenvalue weighted by molar-refractivity contribution is 7.89. The lowest BCUT2D eigenvalue weighted by atomic mass is 10.1. The fraction of sp³-hybridized carbons (Fsp3) is 0.533. The van der Waals surface area contributed by atoms with Crippen LogP contribution >= 0.6 is 12.4 Å². The summed E-state index contributed by atoms with van der Waals surface area (Å²) in [4.78, 5) is 24.0. The Labute approximate surface area is 159 Å². The molecule has 0 radical (unpaired) electrons. The van der Waals surface area contributed by atoms with E-state index in [2.05, 4.69) is 5.32 Å². The van der Waals surface area contributed by atoms with Crippen LogP contribution in [0.4, 0.5) is 5.69 Å². The van der Waals surface area contributed by atoms with Crippen molar-refractivity contribution in [2.45, 2.75) is 23.8 Å². The fourth-order valence-electron chi connectivity index (χ4n) is 2.75. The van der Waals surface area contributed by atoms with Crippen LogP contribution in [0, 0.1) is 10.1 Å². The van der Waals surface area contributed by atoms with Crippen LogP contribution in [0.1, 0.15) is 12.8 Å². The van der Waals surface area contributed by atoms with E-state index in [1.54, 1.807) is 4.90 Å². The molecule has 1 unspecified atom stereocenters. The SMILES string of the molecule is CNC1CCCN(C(=O)CN(C)S(=O)(=O)c2cccc([N+](=O)[O-])c2)C1.Cl. The number of non-ortho nitro benzene ring substituents is 1. The molecule has 1 fully saturated rings. The van der Waals surface area contributed by atoms with Gasteiger partial charge in [-0.25, -0.2) is 8.42 Å². The summed E-state index contributed by atoms with van der Waals surface area (Å²) < 4.78 is 26.1. The molecular weight excluding hydrogens is 384 g/mol. The number of nitrogens with zero attached hydrogens (tertiary/aromatic N) is 3. The Morgan fingerprint density at radius 3 is 2.77 bits per heavy atom. The van der Waals surface area contributed by atoms with Gasteiger partial charge in [-0.3, -0.25) is 14.9 Å². The molecule has 1 aliphatic rings. The van der Waals surface area contributed by atoms with Crippen LogP contribution in [-0.4, -0.2) is 68.2 Å². The largest absolute Gasteiger partial charge is 0.340 e. The standard InChI is InChI=1S/C15H22N4O5S.ClH/c1-16-12-5-4-8-18(10-12)15(20)11-17(2)25(23,24)14-7-3-6-13(9-14)19(21)22;/h3,6-7,9,12,16H,4-5,8,10-11H2,1-2H3;1H. The smallest absolute Gasteiger partial charge is 0.270 e. The predicted octanol–water partition coefficient (Wildman–Crippen LogP) is 0.848. The van der Waals surface area contributed by atoms with Crippen LogP contribution in [-0.2, 0) is 14.8 Å². The van der Waals surface area contributed by atoms with Gasteiger partial charge in [0.05, 0.1) is 16.4 Å². The van der Waals surface area contributed by atoms with Gasteiger partial charge in [0.25, 0.3) is 5.69 Å². The van der Waals surface area contributed by atoms with Crippen molar-refractivity contribution in [3.05, 3.63) is 34.4 Å². The van der Waals surface area contributed by atoms with E-state index in [-0.39, 0.29) is 41.5 Å². The first-order valence-electron chi connectivity index (χ1n) is 7.91. The third-order valence-corrected chi connectivity index (χ3v) is 6.08. The van der Waals surface area contributed by atoms with E-state index in [9.17, 15) is 23.3 Å². The van der Waals surface area contributed by atoms with Crippen molar-refractivity contribution in [1.82, 2.24) is 14.5 Å². The van der Waals surface area contributed by atoms with E-state index in [1.165, 1.54) is 25.2 Å². The summed E-state index contributed by atoms with van der Waals surface area (Å²) in [5.41, 5.74) is -0.311. The molecule has 1 aromatic carbocycles. The average molecular weight is 407 g/mol. The van der Waals surface area contributed by atoms with Crippen LogP contribution in [0.2, 0.25) is 0 Å². The molecule has 1 amide bonds. The normalized spacial score (nSPS) is 17.7. The lowest BCUT2D eigenvalue weighted by Crippen LogP contribution is -2.50. The van der Waals surface area contributed by atoms with Gasteiger partial charge in [-0.05, 0) is 26.0 Å². The number of halogens is 1. The second-order valence-corrected chi connectivity index (χ2v) is 8.03. The Kier molecular flexibility index (Phi) is 7.94. The van der Waals surface area contributed by atoms with Crippen LogP contribution in [0.5, 0.6) is 0 Å². The number of carbonyl (C=O) groups is 1. The highest BCUT2D eigenvalue weighted by Crippen LogP contribution is 2.20. The fourth-order valence-corrected chi connectivity index (χ4v) is 3.91. The van der Waals surface area contributed by atoms with Crippen LogP contribution < -0.4 is 5.32 Å². The summed E-state index contributed by atoms with van der Waals surface area (Å²) in [5.74, 6) is -0.281. The number of piperidine rings is 1. The summed E-state index contributed by atoms with van der Waals surface area (Å²) in [7, 11) is -0.854. The molecule has 1 heterocycles. The Hall–Kier alpha value is -1.75. The maximum Gasteiger partial charge on any atom is 0.270 e. The van der Waals surface area contributed by atoms with E-state index in [0.717, 1.165) is 23.2 Å². The van der Waals surface area contributed by atoms with Gasteiger partial charge in [-0.1, -0.05) is 6.07 Å². The first-order valence-corrected chi connectivity index (χ1v) is 9.35. The van der Waals surface area contributed by atoms with E-state index in [4.69, 9.17) is 0 Å². The Morgan fingerprint density at radius 1 is 1.46 bits per heavy atom. The molecule has 1 aromatic rings. The third kappa shape index (κ3) is 5.13. The first kappa shape index (κ1) is 22.3. The minimum atomic E-state index is -3.98. The predicted molar refractivity (Wildman–Crippen MR) is 98.8 cm³/mol. The van der Waals surface area contributed by atoms with Crippen molar-refractivity contribution in [2.75, 3.05) is 33.7 Å². The molecule has 1 saturated heterocycles. The molecule has 1 N–H and O–H groups in total. The van der Waals surface area contributed by atoms with Gasteiger partial charge in [0.2, 0.25) is 15.9 Å². The average Bonchev–Trinajstić information content (AvgIpc) is 2.61. The van der Waals surface area contributed by atoms with Crippen LogP contribution in [0.15, 0.2) is 29.2 Å². The molecule has 0 bridgehead atoms. The molecule has 0 aliphatic carbocycles. The molecule has 0 aromatic heterocycles. The Morgan fingerprint density at radius 2 is 2.15 bits per heavy atom. The third-order valence-electron chi connectivity index (χ3n) is 4.28. The number of nitrogens with one attached hydrogen (secondary N) is 1. The van der Waals surface area contributed by atoms with Crippen molar-refractivity contribution in [1.29, 1.82) is 0 Å². The summed E-state index contributed by atoms with van der Waals surface area (Å²) in [5, 5.41) is 13.9.